The van der Waals surface area contributed by atoms with E-state index in [1.807, 2.05) is 24.3 Å². The van der Waals surface area contributed by atoms with Crippen LogP contribution >= 0.6 is 0 Å². The molecular weight excluding hydrogens is 430 g/mol. The maximum Gasteiger partial charge on any atom is 0.160 e. The highest BCUT2D eigenvalue weighted by atomic mass is 16.3. The van der Waals surface area contributed by atoms with Gasteiger partial charge in [-0.3, -0.25) is 5.01 Å². The van der Waals surface area contributed by atoms with E-state index in [9.17, 15) is 0 Å². The third-order valence-corrected chi connectivity index (χ3v) is 6.94. The van der Waals surface area contributed by atoms with Gasteiger partial charge in [-0.25, -0.2) is 9.66 Å². The molecule has 0 spiro atoms. The maximum absolute atomic E-state index is 6.24. The number of anilines is 1. The predicted molar refractivity (Wildman–Crippen MR) is 143 cm³/mol. The van der Waals surface area contributed by atoms with Crippen molar-refractivity contribution in [3.8, 4) is 11.4 Å². The molecule has 1 aliphatic rings. The molecule has 8 rings (SSSR count). The first-order valence-electron chi connectivity index (χ1n) is 11.7. The average Bonchev–Trinajstić information content (AvgIpc) is 3.48. The smallest absolute Gasteiger partial charge is 0.160 e. The molecule has 2 aromatic heterocycles. The molecule has 0 saturated carbocycles. The molecule has 4 heteroatoms. The molecular formula is C31H19N3O. The van der Waals surface area contributed by atoms with Crippen LogP contribution in [0.5, 0.6) is 0 Å². The first-order valence-corrected chi connectivity index (χ1v) is 11.7. The number of benzene rings is 5. The van der Waals surface area contributed by atoms with Crippen molar-refractivity contribution in [3.63, 3.8) is 0 Å². The van der Waals surface area contributed by atoms with Crippen LogP contribution in [0.25, 0.3) is 61.2 Å². The van der Waals surface area contributed by atoms with Gasteiger partial charge in [0.2, 0.25) is 0 Å². The van der Waals surface area contributed by atoms with Crippen molar-refractivity contribution in [3.05, 3.63) is 115 Å². The van der Waals surface area contributed by atoms with E-state index >= 15 is 0 Å². The van der Waals surface area contributed by atoms with Crippen molar-refractivity contribution in [1.29, 1.82) is 0 Å². The Labute approximate surface area is 200 Å². The van der Waals surface area contributed by atoms with Gasteiger partial charge in [0, 0.05) is 27.9 Å². The van der Waals surface area contributed by atoms with Gasteiger partial charge in [0.15, 0.2) is 5.82 Å². The lowest BCUT2D eigenvalue weighted by molar-refractivity contribution is 0.669. The Balaban J connectivity index is 1.46. The van der Waals surface area contributed by atoms with E-state index in [-0.39, 0.29) is 0 Å². The summed E-state index contributed by atoms with van der Waals surface area (Å²) in [6.07, 6.45) is 4.36. The molecule has 0 saturated heterocycles. The van der Waals surface area contributed by atoms with Gasteiger partial charge in [-0.2, -0.15) is 0 Å². The van der Waals surface area contributed by atoms with E-state index in [2.05, 4.69) is 101 Å². The molecule has 0 aliphatic carbocycles. The monoisotopic (exact) mass is 449 g/mol. The van der Waals surface area contributed by atoms with E-state index in [0.29, 0.717) is 0 Å². The van der Waals surface area contributed by atoms with Crippen LogP contribution in [-0.4, -0.2) is 9.66 Å². The first kappa shape index (κ1) is 18.6. The summed E-state index contributed by atoms with van der Waals surface area (Å²) in [6, 6.07) is 35.6. The summed E-state index contributed by atoms with van der Waals surface area (Å²) in [5.74, 6) is 0.909. The van der Waals surface area contributed by atoms with Gasteiger partial charge in [0.05, 0.1) is 16.7 Å². The number of furan rings is 1. The first-order chi connectivity index (χ1) is 17.4. The van der Waals surface area contributed by atoms with Crippen molar-refractivity contribution >= 4 is 55.5 Å². The molecule has 4 nitrogen and oxygen atoms in total. The molecule has 0 radical (unpaired) electrons. The summed E-state index contributed by atoms with van der Waals surface area (Å²) in [7, 11) is 0. The van der Waals surface area contributed by atoms with Crippen molar-refractivity contribution in [1.82, 2.24) is 9.66 Å². The lowest BCUT2D eigenvalue weighted by Crippen LogP contribution is -2.26. The highest BCUT2D eigenvalue weighted by molar-refractivity contribution is 6.19. The minimum atomic E-state index is 0.909. The van der Waals surface area contributed by atoms with Crippen LogP contribution < -0.4 is 5.01 Å². The van der Waals surface area contributed by atoms with Crippen molar-refractivity contribution in [2.24, 2.45) is 0 Å². The fraction of sp³-hybridized carbons (Fsp3) is 0. The molecule has 0 unspecified atom stereocenters. The molecule has 0 fully saturated rings. The van der Waals surface area contributed by atoms with Gasteiger partial charge in [0.1, 0.15) is 11.2 Å². The third kappa shape index (κ3) is 2.53. The van der Waals surface area contributed by atoms with Crippen molar-refractivity contribution < 1.29 is 4.42 Å². The van der Waals surface area contributed by atoms with E-state index in [1.54, 1.807) is 0 Å². The van der Waals surface area contributed by atoms with Crippen LogP contribution in [-0.2, 0) is 0 Å². The third-order valence-electron chi connectivity index (χ3n) is 6.94. The largest absolute Gasteiger partial charge is 0.456 e. The van der Waals surface area contributed by atoms with E-state index < -0.39 is 0 Å². The number of hydrogen-bond acceptors (Lipinski definition) is 3. The minimum Gasteiger partial charge on any atom is -0.456 e. The summed E-state index contributed by atoms with van der Waals surface area (Å²) < 4.78 is 8.46. The van der Waals surface area contributed by atoms with Crippen LogP contribution in [0.3, 0.4) is 0 Å². The maximum atomic E-state index is 6.24. The zero-order valence-corrected chi connectivity index (χ0v) is 18.7. The summed E-state index contributed by atoms with van der Waals surface area (Å²) in [4.78, 5) is 5.03. The van der Waals surface area contributed by atoms with E-state index in [0.717, 1.165) is 55.4 Å². The Hall–Kier alpha value is -4.83. The fourth-order valence-electron chi connectivity index (χ4n) is 5.44. The molecule has 7 aromatic rings. The van der Waals surface area contributed by atoms with Crippen LogP contribution in [0.1, 0.15) is 5.56 Å². The van der Waals surface area contributed by atoms with Gasteiger partial charge in [0.25, 0.3) is 0 Å². The molecule has 1 aliphatic heterocycles. The van der Waals surface area contributed by atoms with E-state index in [4.69, 9.17) is 9.40 Å². The minimum absolute atomic E-state index is 0.909. The Morgan fingerprint density at radius 1 is 0.686 bits per heavy atom. The average molecular weight is 450 g/mol. The van der Waals surface area contributed by atoms with Crippen LogP contribution in [0, 0.1) is 0 Å². The lowest BCUT2D eigenvalue weighted by atomic mass is 9.95. The molecule has 3 heterocycles. The Bertz CT molecular complexity index is 1960. The molecule has 0 amide bonds. The van der Waals surface area contributed by atoms with Crippen LogP contribution in [0.4, 0.5) is 5.69 Å². The second kappa shape index (κ2) is 6.84. The topological polar surface area (TPSA) is 34.2 Å². The standard InChI is InChI=1S/C31H19N3O/c1-2-9-20(10-3-1)31-32-24-13-5-6-14-25(24)34(31)33-18-17-23-29-21(11-8-15-26(29)33)19-28-30(23)22-12-4-7-16-27(22)35-28/h1-19H. The number of rotatable bonds is 2. The summed E-state index contributed by atoms with van der Waals surface area (Å²) in [5, 5.41) is 6.90. The molecule has 35 heavy (non-hydrogen) atoms. The normalized spacial score (nSPS) is 13.0. The number of aromatic nitrogens is 2. The highest BCUT2D eigenvalue weighted by Gasteiger charge is 2.24. The lowest BCUT2D eigenvalue weighted by Gasteiger charge is -2.29. The zero-order valence-electron chi connectivity index (χ0n) is 18.7. The summed E-state index contributed by atoms with van der Waals surface area (Å²) >= 11 is 0. The van der Waals surface area contributed by atoms with Gasteiger partial charge in [-0.15, -0.1) is 0 Å². The van der Waals surface area contributed by atoms with Gasteiger partial charge < -0.3 is 4.42 Å². The Morgan fingerprint density at radius 3 is 2.46 bits per heavy atom. The molecule has 0 atom stereocenters. The number of imidazole rings is 1. The Kier molecular flexibility index (Phi) is 3.63. The van der Waals surface area contributed by atoms with Crippen molar-refractivity contribution in [2.45, 2.75) is 0 Å². The van der Waals surface area contributed by atoms with Gasteiger partial charge >= 0.3 is 0 Å². The predicted octanol–water partition coefficient (Wildman–Crippen LogP) is 8.01. The molecule has 0 bridgehead atoms. The van der Waals surface area contributed by atoms with Gasteiger partial charge in [-0.1, -0.05) is 72.8 Å². The quantitative estimate of drug-likeness (QED) is 0.268. The molecule has 164 valence electrons. The second-order valence-electron chi connectivity index (χ2n) is 8.90. The van der Waals surface area contributed by atoms with E-state index in [1.165, 1.54) is 10.9 Å². The second-order valence-corrected chi connectivity index (χ2v) is 8.90. The number of hydrogen-bond donors (Lipinski definition) is 0. The zero-order chi connectivity index (χ0) is 22.9. The number of para-hydroxylation sites is 3. The van der Waals surface area contributed by atoms with Crippen LogP contribution in [0.15, 0.2) is 114 Å². The number of nitrogens with zero attached hydrogens (tertiary/aromatic N) is 3. The Morgan fingerprint density at radius 2 is 1.51 bits per heavy atom. The highest BCUT2D eigenvalue weighted by Crippen LogP contribution is 2.43. The fourth-order valence-corrected chi connectivity index (χ4v) is 5.44. The molecule has 5 aromatic carbocycles. The van der Waals surface area contributed by atoms with Crippen LogP contribution in [0.2, 0.25) is 0 Å². The van der Waals surface area contributed by atoms with Gasteiger partial charge in [-0.05, 0) is 47.4 Å². The summed E-state index contributed by atoms with van der Waals surface area (Å²) in [6.45, 7) is 0. The molecule has 0 N–H and O–H groups in total. The number of fused-ring (bicyclic) bond motifs is 5. The van der Waals surface area contributed by atoms with Crippen molar-refractivity contribution in [2.75, 3.05) is 5.01 Å². The SMILES string of the molecule is C1=CN(n2c(-c3ccccc3)nc3ccccc32)c2cccc3cc4oc5ccccc5c4c1c23. The summed E-state index contributed by atoms with van der Waals surface area (Å²) in [5.41, 5.74) is 7.25.